The van der Waals surface area contributed by atoms with E-state index in [1.54, 1.807) is 18.5 Å². The second kappa shape index (κ2) is 6.13. The predicted molar refractivity (Wildman–Crippen MR) is 79.4 cm³/mol. The molecule has 0 saturated carbocycles. The lowest BCUT2D eigenvalue weighted by molar-refractivity contribution is 0.0750. The van der Waals surface area contributed by atoms with E-state index in [1.165, 1.54) is 11.5 Å². The fourth-order valence-corrected chi connectivity index (χ4v) is 3.03. The van der Waals surface area contributed by atoms with Crippen LogP contribution in [0.4, 0.5) is 5.95 Å². The minimum atomic E-state index is 0.0375. The zero-order chi connectivity index (χ0) is 14.7. The third kappa shape index (κ3) is 2.85. The predicted octanol–water partition coefficient (Wildman–Crippen LogP) is 0.853. The van der Waals surface area contributed by atoms with E-state index in [1.807, 2.05) is 11.8 Å². The summed E-state index contributed by atoms with van der Waals surface area (Å²) in [5, 5.41) is 4.00. The van der Waals surface area contributed by atoms with E-state index in [-0.39, 0.29) is 5.91 Å². The summed E-state index contributed by atoms with van der Waals surface area (Å²) in [7, 11) is 0. The van der Waals surface area contributed by atoms with Crippen LogP contribution < -0.4 is 4.90 Å². The molecular formula is C13H16N6OS. The largest absolute Gasteiger partial charge is 0.337 e. The van der Waals surface area contributed by atoms with Crippen molar-refractivity contribution in [3.63, 3.8) is 0 Å². The summed E-state index contributed by atoms with van der Waals surface area (Å²) in [6, 6.07) is 1.80. The molecule has 0 bridgehead atoms. The van der Waals surface area contributed by atoms with E-state index in [2.05, 4.69) is 24.5 Å². The molecule has 1 fully saturated rings. The van der Waals surface area contributed by atoms with Gasteiger partial charge in [0.1, 0.15) is 4.88 Å². The van der Waals surface area contributed by atoms with Gasteiger partial charge in [0.2, 0.25) is 5.95 Å². The smallest absolute Gasteiger partial charge is 0.267 e. The molecule has 0 aromatic carbocycles. The molecule has 0 unspecified atom stereocenters. The average molecular weight is 304 g/mol. The number of amides is 1. The molecule has 110 valence electrons. The number of nitrogens with zero attached hydrogens (tertiary/aromatic N) is 6. The summed E-state index contributed by atoms with van der Waals surface area (Å²) in [6.45, 7) is 4.79. The SMILES string of the molecule is CCc1nnsc1C(=O)N1CCN(c2ncccn2)CC1. The summed E-state index contributed by atoms with van der Waals surface area (Å²) >= 11 is 1.18. The molecule has 0 N–H and O–H groups in total. The number of rotatable bonds is 3. The average Bonchev–Trinajstić information content (AvgIpc) is 3.04. The van der Waals surface area contributed by atoms with Crippen LogP contribution in [-0.4, -0.2) is 56.5 Å². The third-order valence-corrected chi connectivity index (χ3v) is 4.24. The Labute approximate surface area is 126 Å². The van der Waals surface area contributed by atoms with Gasteiger partial charge in [-0.15, -0.1) is 5.10 Å². The first kappa shape index (κ1) is 13.9. The Hall–Kier alpha value is -2.09. The first-order valence-electron chi connectivity index (χ1n) is 6.92. The molecule has 2 aromatic rings. The molecule has 0 atom stereocenters. The van der Waals surface area contributed by atoms with Gasteiger partial charge < -0.3 is 9.80 Å². The minimum Gasteiger partial charge on any atom is -0.337 e. The van der Waals surface area contributed by atoms with Crippen molar-refractivity contribution < 1.29 is 4.79 Å². The van der Waals surface area contributed by atoms with Crippen molar-refractivity contribution in [1.82, 2.24) is 24.5 Å². The molecule has 1 saturated heterocycles. The maximum atomic E-state index is 12.5. The molecule has 8 heteroatoms. The number of anilines is 1. The van der Waals surface area contributed by atoms with E-state index < -0.39 is 0 Å². The molecule has 2 aromatic heterocycles. The minimum absolute atomic E-state index is 0.0375. The lowest BCUT2D eigenvalue weighted by Gasteiger charge is -2.34. The van der Waals surface area contributed by atoms with Gasteiger partial charge in [0.15, 0.2) is 0 Å². The summed E-state index contributed by atoms with van der Waals surface area (Å²) in [6.07, 6.45) is 4.20. The second-order valence-electron chi connectivity index (χ2n) is 4.73. The van der Waals surface area contributed by atoms with Crippen LogP contribution in [0.5, 0.6) is 0 Å². The number of piperazine rings is 1. The van der Waals surface area contributed by atoms with Gasteiger partial charge in [0, 0.05) is 38.6 Å². The maximum absolute atomic E-state index is 12.5. The highest BCUT2D eigenvalue weighted by Gasteiger charge is 2.26. The van der Waals surface area contributed by atoms with Crippen LogP contribution in [-0.2, 0) is 6.42 Å². The number of aromatic nitrogens is 4. The quantitative estimate of drug-likeness (QED) is 0.837. The van der Waals surface area contributed by atoms with Gasteiger partial charge in [-0.25, -0.2) is 9.97 Å². The van der Waals surface area contributed by atoms with Crippen LogP contribution in [0.15, 0.2) is 18.5 Å². The van der Waals surface area contributed by atoms with Crippen LogP contribution in [0.2, 0.25) is 0 Å². The van der Waals surface area contributed by atoms with Gasteiger partial charge in [-0.3, -0.25) is 4.79 Å². The molecule has 0 aliphatic carbocycles. The van der Waals surface area contributed by atoms with Crippen molar-refractivity contribution in [3.05, 3.63) is 29.0 Å². The highest BCUT2D eigenvalue weighted by atomic mass is 32.1. The Kier molecular flexibility index (Phi) is 4.05. The van der Waals surface area contributed by atoms with Gasteiger partial charge in [-0.2, -0.15) is 0 Å². The lowest BCUT2D eigenvalue weighted by atomic mass is 10.2. The van der Waals surface area contributed by atoms with Crippen molar-refractivity contribution >= 4 is 23.4 Å². The van der Waals surface area contributed by atoms with E-state index in [0.29, 0.717) is 18.0 Å². The fourth-order valence-electron chi connectivity index (χ4n) is 2.31. The summed E-state index contributed by atoms with van der Waals surface area (Å²) < 4.78 is 3.89. The van der Waals surface area contributed by atoms with Gasteiger partial charge in [0.05, 0.1) is 5.69 Å². The van der Waals surface area contributed by atoms with E-state index in [9.17, 15) is 4.79 Å². The molecule has 3 rings (SSSR count). The molecule has 1 aliphatic heterocycles. The zero-order valence-electron chi connectivity index (χ0n) is 11.8. The van der Waals surface area contributed by atoms with Crippen molar-refractivity contribution in [3.8, 4) is 0 Å². The first-order chi connectivity index (χ1) is 10.3. The normalized spacial score (nSPS) is 15.3. The third-order valence-electron chi connectivity index (χ3n) is 3.49. The van der Waals surface area contributed by atoms with Gasteiger partial charge in [-0.1, -0.05) is 11.4 Å². The maximum Gasteiger partial charge on any atom is 0.267 e. The monoisotopic (exact) mass is 304 g/mol. The van der Waals surface area contributed by atoms with Crippen molar-refractivity contribution in [1.29, 1.82) is 0 Å². The Morgan fingerprint density at radius 2 is 1.95 bits per heavy atom. The topological polar surface area (TPSA) is 75.1 Å². The van der Waals surface area contributed by atoms with Crippen molar-refractivity contribution in [2.24, 2.45) is 0 Å². The fraction of sp³-hybridized carbons (Fsp3) is 0.462. The molecule has 0 radical (unpaired) electrons. The Bertz CT molecular complexity index is 608. The van der Waals surface area contributed by atoms with Gasteiger partial charge >= 0.3 is 0 Å². The second-order valence-corrected chi connectivity index (χ2v) is 5.48. The number of carbonyl (C=O) groups is 1. The van der Waals surface area contributed by atoms with Gasteiger partial charge in [0.25, 0.3) is 5.91 Å². The highest BCUT2D eigenvalue weighted by Crippen LogP contribution is 2.17. The van der Waals surface area contributed by atoms with Crippen LogP contribution in [0.1, 0.15) is 22.3 Å². The van der Waals surface area contributed by atoms with Crippen molar-refractivity contribution in [2.75, 3.05) is 31.1 Å². The molecular weight excluding hydrogens is 288 g/mol. The molecule has 0 spiro atoms. The number of hydrogen-bond donors (Lipinski definition) is 0. The molecule has 21 heavy (non-hydrogen) atoms. The lowest BCUT2D eigenvalue weighted by Crippen LogP contribution is -2.49. The standard InChI is InChI=1S/C13H16N6OS/c1-2-10-11(21-17-16-10)12(20)18-6-8-19(9-7-18)13-14-4-3-5-15-13/h3-5H,2,6-9H2,1H3. The number of carbonyl (C=O) groups excluding carboxylic acids is 1. The van der Waals surface area contributed by atoms with E-state index >= 15 is 0 Å². The van der Waals surface area contributed by atoms with Crippen LogP contribution >= 0.6 is 11.5 Å². The Balaban J connectivity index is 1.65. The number of aryl methyl sites for hydroxylation is 1. The summed E-state index contributed by atoms with van der Waals surface area (Å²) in [5.41, 5.74) is 0.791. The van der Waals surface area contributed by atoms with Crippen LogP contribution in [0.25, 0.3) is 0 Å². The molecule has 1 aliphatic rings. The van der Waals surface area contributed by atoms with E-state index in [0.717, 1.165) is 31.2 Å². The summed E-state index contributed by atoms with van der Waals surface area (Å²) in [4.78, 5) is 25.6. The van der Waals surface area contributed by atoms with Crippen LogP contribution in [0, 0.1) is 0 Å². The zero-order valence-corrected chi connectivity index (χ0v) is 12.6. The Morgan fingerprint density at radius 3 is 2.62 bits per heavy atom. The molecule has 1 amide bonds. The highest BCUT2D eigenvalue weighted by molar-refractivity contribution is 7.08. The van der Waals surface area contributed by atoms with Crippen molar-refractivity contribution in [2.45, 2.75) is 13.3 Å². The molecule has 7 nitrogen and oxygen atoms in total. The molecule has 3 heterocycles. The summed E-state index contributed by atoms with van der Waals surface area (Å²) in [5.74, 6) is 0.758. The van der Waals surface area contributed by atoms with Gasteiger partial charge in [-0.05, 0) is 24.0 Å². The number of hydrogen-bond acceptors (Lipinski definition) is 7. The van der Waals surface area contributed by atoms with Crippen LogP contribution in [0.3, 0.4) is 0 Å². The Morgan fingerprint density at radius 1 is 1.24 bits per heavy atom. The van der Waals surface area contributed by atoms with E-state index in [4.69, 9.17) is 0 Å². The first-order valence-corrected chi connectivity index (χ1v) is 7.69.